The maximum atomic E-state index is 5.90. The van der Waals surface area contributed by atoms with Gasteiger partial charge in [0.1, 0.15) is 6.61 Å². The predicted octanol–water partition coefficient (Wildman–Crippen LogP) is 3.34. The molecule has 0 amide bonds. The first kappa shape index (κ1) is 17.2. The van der Waals surface area contributed by atoms with E-state index in [1.807, 2.05) is 43.5 Å². The van der Waals surface area contributed by atoms with Crippen molar-refractivity contribution in [2.24, 2.45) is 0 Å². The Morgan fingerprint density at radius 3 is 2.84 bits per heavy atom. The van der Waals surface area contributed by atoms with Crippen LogP contribution in [0.2, 0.25) is 0 Å². The summed E-state index contributed by atoms with van der Waals surface area (Å²) in [5, 5.41) is 16.8. The van der Waals surface area contributed by atoms with Gasteiger partial charge in [0.15, 0.2) is 11.5 Å². The molecule has 0 fully saturated rings. The minimum absolute atomic E-state index is 0.542. The van der Waals surface area contributed by atoms with E-state index >= 15 is 0 Å². The van der Waals surface area contributed by atoms with E-state index in [9.17, 15) is 0 Å². The molecule has 7 nitrogen and oxygen atoms in total. The third-order valence-electron chi connectivity index (χ3n) is 3.54. The van der Waals surface area contributed by atoms with E-state index in [0.717, 1.165) is 23.6 Å². The minimum atomic E-state index is 0.542. The highest BCUT2D eigenvalue weighted by atomic mass is 32.1. The van der Waals surface area contributed by atoms with Gasteiger partial charge in [0.2, 0.25) is 5.95 Å². The normalized spacial score (nSPS) is 10.6. The molecule has 1 N–H and O–H groups in total. The molecule has 0 aliphatic rings. The van der Waals surface area contributed by atoms with Crippen molar-refractivity contribution >= 4 is 17.3 Å². The van der Waals surface area contributed by atoms with E-state index in [1.165, 1.54) is 4.88 Å². The van der Waals surface area contributed by atoms with Crippen molar-refractivity contribution in [1.82, 2.24) is 20.2 Å². The Morgan fingerprint density at radius 2 is 2.08 bits per heavy atom. The van der Waals surface area contributed by atoms with E-state index in [0.29, 0.717) is 25.7 Å². The van der Waals surface area contributed by atoms with Crippen LogP contribution in [0.4, 0.5) is 5.95 Å². The van der Waals surface area contributed by atoms with Crippen LogP contribution in [0.5, 0.6) is 11.5 Å². The minimum Gasteiger partial charge on any atom is -0.490 e. The molecule has 2 heterocycles. The number of tetrazole rings is 1. The Hall–Kier alpha value is -2.61. The zero-order valence-corrected chi connectivity index (χ0v) is 15.1. The molecule has 0 saturated carbocycles. The van der Waals surface area contributed by atoms with Gasteiger partial charge in [-0.05, 0) is 53.4 Å². The van der Waals surface area contributed by atoms with Crippen molar-refractivity contribution in [3.63, 3.8) is 0 Å². The van der Waals surface area contributed by atoms with Crippen molar-refractivity contribution in [1.29, 1.82) is 0 Å². The number of hydrogen-bond acceptors (Lipinski definition) is 7. The zero-order chi connectivity index (χ0) is 17.5. The first-order valence-corrected chi connectivity index (χ1v) is 9.09. The van der Waals surface area contributed by atoms with Gasteiger partial charge in [-0.2, -0.15) is 0 Å². The summed E-state index contributed by atoms with van der Waals surface area (Å²) in [6, 6.07) is 10.0. The number of ether oxygens (including phenoxy) is 2. The van der Waals surface area contributed by atoms with Gasteiger partial charge in [-0.1, -0.05) is 17.2 Å². The van der Waals surface area contributed by atoms with Crippen LogP contribution in [0, 0.1) is 0 Å². The molecule has 0 radical (unpaired) electrons. The molecule has 8 heteroatoms. The van der Waals surface area contributed by atoms with Crippen LogP contribution in [-0.4, -0.2) is 26.8 Å². The Balaban J connectivity index is 1.67. The van der Waals surface area contributed by atoms with E-state index in [1.54, 1.807) is 16.0 Å². The summed E-state index contributed by atoms with van der Waals surface area (Å²) in [7, 11) is 0. The van der Waals surface area contributed by atoms with Crippen molar-refractivity contribution in [3.05, 3.63) is 46.2 Å². The third-order valence-corrected chi connectivity index (χ3v) is 4.39. The smallest absolute Gasteiger partial charge is 0.243 e. The standard InChI is InChI=1S/C17H21N5O2S/c1-3-22-17(19-20-21-22)18-11-13-7-8-15(16(10-13)23-4-2)24-12-14-6-5-9-25-14/h5-10H,3-4,11-12H2,1-2H3,(H,18,19,21). The topological polar surface area (TPSA) is 74.1 Å². The van der Waals surface area contributed by atoms with E-state index < -0.39 is 0 Å². The molecular weight excluding hydrogens is 338 g/mol. The molecule has 132 valence electrons. The second-order valence-electron chi connectivity index (χ2n) is 5.25. The zero-order valence-electron chi connectivity index (χ0n) is 14.3. The average Bonchev–Trinajstić information content (AvgIpc) is 3.30. The Morgan fingerprint density at radius 1 is 1.16 bits per heavy atom. The van der Waals surface area contributed by atoms with Gasteiger partial charge >= 0.3 is 0 Å². The summed E-state index contributed by atoms with van der Waals surface area (Å²) in [5.41, 5.74) is 1.07. The fraction of sp³-hybridized carbons (Fsp3) is 0.353. The maximum absolute atomic E-state index is 5.90. The quantitative estimate of drug-likeness (QED) is 0.632. The lowest BCUT2D eigenvalue weighted by molar-refractivity contribution is 0.271. The van der Waals surface area contributed by atoms with Crippen LogP contribution in [0.15, 0.2) is 35.7 Å². The summed E-state index contributed by atoms with van der Waals surface area (Å²) in [6.07, 6.45) is 0. The van der Waals surface area contributed by atoms with Crippen LogP contribution in [-0.2, 0) is 19.7 Å². The van der Waals surface area contributed by atoms with Gasteiger partial charge in [0.25, 0.3) is 0 Å². The Labute approximate surface area is 150 Å². The molecule has 0 spiro atoms. The number of thiophene rings is 1. The molecule has 0 unspecified atom stereocenters. The molecule has 2 aromatic heterocycles. The third kappa shape index (κ3) is 4.48. The number of anilines is 1. The number of hydrogen-bond donors (Lipinski definition) is 1. The van der Waals surface area contributed by atoms with E-state index in [2.05, 4.69) is 26.9 Å². The average molecular weight is 359 g/mol. The van der Waals surface area contributed by atoms with Gasteiger partial charge in [-0.25, -0.2) is 4.68 Å². The van der Waals surface area contributed by atoms with E-state index in [4.69, 9.17) is 9.47 Å². The lowest BCUT2D eigenvalue weighted by Gasteiger charge is -2.13. The molecule has 0 aliphatic carbocycles. The molecular formula is C17H21N5O2S. The number of rotatable bonds is 9. The highest BCUT2D eigenvalue weighted by Gasteiger charge is 2.09. The largest absolute Gasteiger partial charge is 0.490 e. The fourth-order valence-electron chi connectivity index (χ4n) is 2.32. The second kappa shape index (κ2) is 8.48. The van der Waals surface area contributed by atoms with E-state index in [-0.39, 0.29) is 0 Å². The summed E-state index contributed by atoms with van der Waals surface area (Å²) in [6.45, 7) is 6.40. The highest BCUT2D eigenvalue weighted by molar-refractivity contribution is 7.09. The van der Waals surface area contributed by atoms with Gasteiger partial charge in [0, 0.05) is 18.0 Å². The molecule has 1 aromatic carbocycles. The Kier molecular flexibility index (Phi) is 5.84. The van der Waals surface area contributed by atoms with Crippen molar-refractivity contribution in [3.8, 4) is 11.5 Å². The molecule has 0 atom stereocenters. The molecule has 3 rings (SSSR count). The number of benzene rings is 1. The molecule has 3 aromatic rings. The monoisotopic (exact) mass is 359 g/mol. The lowest BCUT2D eigenvalue weighted by Crippen LogP contribution is -2.08. The number of aryl methyl sites for hydroxylation is 1. The SMILES string of the molecule is CCOc1cc(CNc2nnnn2CC)ccc1OCc1cccs1. The number of aromatic nitrogens is 4. The number of nitrogens with one attached hydrogen (secondary N) is 1. The molecule has 0 aliphatic heterocycles. The molecule has 0 saturated heterocycles. The first-order chi connectivity index (χ1) is 12.3. The van der Waals surface area contributed by atoms with Crippen LogP contribution in [0.1, 0.15) is 24.3 Å². The summed E-state index contributed by atoms with van der Waals surface area (Å²) >= 11 is 1.68. The summed E-state index contributed by atoms with van der Waals surface area (Å²) in [4.78, 5) is 1.18. The molecule has 0 bridgehead atoms. The molecule has 25 heavy (non-hydrogen) atoms. The number of nitrogens with zero attached hydrogens (tertiary/aromatic N) is 4. The second-order valence-corrected chi connectivity index (χ2v) is 6.29. The predicted molar refractivity (Wildman–Crippen MR) is 97.1 cm³/mol. The van der Waals surface area contributed by atoms with Crippen molar-refractivity contribution in [2.75, 3.05) is 11.9 Å². The summed E-state index contributed by atoms with van der Waals surface area (Å²) < 4.78 is 13.3. The highest BCUT2D eigenvalue weighted by Crippen LogP contribution is 2.30. The summed E-state index contributed by atoms with van der Waals surface area (Å²) in [5.74, 6) is 2.14. The van der Waals surface area contributed by atoms with Crippen LogP contribution < -0.4 is 14.8 Å². The van der Waals surface area contributed by atoms with Gasteiger partial charge < -0.3 is 14.8 Å². The van der Waals surface area contributed by atoms with Crippen LogP contribution in [0.25, 0.3) is 0 Å². The van der Waals surface area contributed by atoms with Crippen molar-refractivity contribution < 1.29 is 9.47 Å². The van der Waals surface area contributed by atoms with Crippen molar-refractivity contribution in [2.45, 2.75) is 33.5 Å². The van der Waals surface area contributed by atoms with Gasteiger partial charge in [-0.3, -0.25) is 0 Å². The Bertz CT molecular complexity index is 788. The van der Waals surface area contributed by atoms with Crippen LogP contribution >= 0.6 is 11.3 Å². The van der Waals surface area contributed by atoms with Crippen LogP contribution in [0.3, 0.4) is 0 Å². The first-order valence-electron chi connectivity index (χ1n) is 8.21. The fourth-order valence-corrected chi connectivity index (χ4v) is 2.93. The lowest BCUT2D eigenvalue weighted by atomic mass is 10.2. The van der Waals surface area contributed by atoms with Gasteiger partial charge in [0.05, 0.1) is 6.61 Å². The van der Waals surface area contributed by atoms with Gasteiger partial charge in [-0.15, -0.1) is 11.3 Å². The maximum Gasteiger partial charge on any atom is 0.243 e.